The summed E-state index contributed by atoms with van der Waals surface area (Å²) in [5.74, 6) is 0. The number of benzene rings is 2. The van der Waals surface area contributed by atoms with Gasteiger partial charge in [-0.1, -0.05) is 109 Å². The van der Waals surface area contributed by atoms with Crippen LogP contribution < -0.4 is 9.75 Å². The second-order valence-corrected chi connectivity index (χ2v) is 8.72. The van der Waals surface area contributed by atoms with Gasteiger partial charge in [-0.15, -0.1) is 11.3 Å². The molecule has 2 aromatic carbocycles. The summed E-state index contributed by atoms with van der Waals surface area (Å²) in [6.45, 7) is 4.35. The predicted octanol–water partition coefficient (Wildman–Crippen LogP) is 6.02. The second kappa shape index (κ2) is 8.63. The van der Waals surface area contributed by atoms with Crippen LogP contribution in [0, 0.1) is 0 Å². The minimum atomic E-state index is -0.109. The molecule has 0 saturated heterocycles. The zero-order chi connectivity index (χ0) is 20.1. The molecule has 1 aromatic heterocycles. The number of thiophene rings is 1. The van der Waals surface area contributed by atoms with Crippen molar-refractivity contribution in [1.29, 1.82) is 0 Å². The number of allylic oxidation sites excluding steroid dienone is 5. The first-order valence-electron chi connectivity index (χ1n) is 10.1. The summed E-state index contributed by atoms with van der Waals surface area (Å²) < 4.78 is 1.35. The smallest absolute Gasteiger partial charge is 0.0324 e. The molecule has 1 unspecified atom stereocenters. The van der Waals surface area contributed by atoms with Gasteiger partial charge in [0.1, 0.15) is 0 Å². The minimum absolute atomic E-state index is 0.109. The molecule has 0 N–H and O–H groups in total. The molecule has 3 aromatic rings. The molecule has 4 rings (SSSR count). The highest BCUT2D eigenvalue weighted by atomic mass is 32.1. The van der Waals surface area contributed by atoms with Gasteiger partial charge >= 0.3 is 0 Å². The largest absolute Gasteiger partial charge is 0.140 e. The molecular formula is C28H26S. The molecule has 0 bridgehead atoms. The van der Waals surface area contributed by atoms with Crippen LogP contribution in [0.3, 0.4) is 0 Å². The zero-order valence-corrected chi connectivity index (χ0v) is 17.8. The normalized spacial score (nSPS) is 18.4. The van der Waals surface area contributed by atoms with Gasteiger partial charge in [-0.05, 0) is 35.8 Å². The van der Waals surface area contributed by atoms with Crippen LogP contribution in [0.15, 0.2) is 91.0 Å². The maximum atomic E-state index is 2.43. The lowest BCUT2D eigenvalue weighted by atomic mass is 9.82. The van der Waals surface area contributed by atoms with Crippen LogP contribution in [0.25, 0.3) is 18.2 Å². The fraction of sp³-hybridized carbons (Fsp3) is 0.143. The van der Waals surface area contributed by atoms with Crippen LogP contribution in [0.4, 0.5) is 0 Å². The lowest BCUT2D eigenvalue weighted by Crippen LogP contribution is -2.24. The number of hydrogen-bond acceptors (Lipinski definition) is 1. The molecule has 0 spiro atoms. The molecule has 1 atom stereocenters. The van der Waals surface area contributed by atoms with Gasteiger partial charge < -0.3 is 0 Å². The van der Waals surface area contributed by atoms with Crippen molar-refractivity contribution in [1.82, 2.24) is 0 Å². The summed E-state index contributed by atoms with van der Waals surface area (Å²) in [5, 5.41) is 1.33. The molecule has 1 heteroatoms. The van der Waals surface area contributed by atoms with Crippen molar-refractivity contribution in [3.8, 4) is 0 Å². The Labute approximate surface area is 177 Å². The first-order chi connectivity index (χ1) is 14.2. The lowest BCUT2D eigenvalue weighted by Gasteiger charge is -2.21. The third-order valence-electron chi connectivity index (χ3n) is 5.40. The molecule has 0 nitrogen and oxygen atoms in total. The third-order valence-corrected chi connectivity index (χ3v) is 6.56. The van der Waals surface area contributed by atoms with Crippen molar-refractivity contribution < 1.29 is 0 Å². The van der Waals surface area contributed by atoms with E-state index in [0.29, 0.717) is 0 Å². The van der Waals surface area contributed by atoms with Gasteiger partial charge in [-0.3, -0.25) is 0 Å². The third kappa shape index (κ3) is 4.26. The molecule has 1 heterocycles. The van der Waals surface area contributed by atoms with E-state index in [9.17, 15) is 0 Å². The van der Waals surface area contributed by atoms with Crippen LogP contribution in [-0.2, 0) is 11.8 Å². The number of rotatable bonds is 5. The molecular weight excluding hydrogens is 368 g/mol. The summed E-state index contributed by atoms with van der Waals surface area (Å²) in [6.07, 6.45) is 18.8. The van der Waals surface area contributed by atoms with E-state index in [-0.39, 0.29) is 5.41 Å². The highest BCUT2D eigenvalue weighted by molar-refractivity contribution is 7.10. The Morgan fingerprint density at radius 2 is 1.66 bits per heavy atom. The van der Waals surface area contributed by atoms with Gasteiger partial charge in [-0.25, -0.2) is 0 Å². The van der Waals surface area contributed by atoms with E-state index in [4.69, 9.17) is 0 Å². The first-order valence-corrected chi connectivity index (χ1v) is 10.9. The zero-order valence-electron chi connectivity index (χ0n) is 17.0. The topological polar surface area (TPSA) is 0 Å². The molecule has 0 fully saturated rings. The molecule has 0 amide bonds. The summed E-state index contributed by atoms with van der Waals surface area (Å²) >= 11 is 1.92. The predicted molar refractivity (Wildman–Crippen MR) is 129 cm³/mol. The summed E-state index contributed by atoms with van der Waals surface area (Å²) in [6, 6.07) is 21.5. The van der Waals surface area contributed by atoms with Crippen LogP contribution in [0.2, 0.25) is 0 Å². The Morgan fingerprint density at radius 1 is 0.931 bits per heavy atom. The Bertz CT molecular complexity index is 1170. The van der Waals surface area contributed by atoms with Crippen LogP contribution in [0.5, 0.6) is 0 Å². The number of hydrogen-bond donors (Lipinski definition) is 0. The van der Waals surface area contributed by atoms with Gasteiger partial charge in [0.2, 0.25) is 0 Å². The second-order valence-electron chi connectivity index (χ2n) is 7.58. The average molecular weight is 395 g/mol. The highest BCUT2D eigenvalue weighted by Gasteiger charge is 2.22. The Balaban J connectivity index is 1.87. The van der Waals surface area contributed by atoms with Crippen LogP contribution >= 0.6 is 11.3 Å². The van der Waals surface area contributed by atoms with Gasteiger partial charge in [0, 0.05) is 21.2 Å². The monoisotopic (exact) mass is 394 g/mol. The van der Waals surface area contributed by atoms with E-state index >= 15 is 0 Å². The van der Waals surface area contributed by atoms with E-state index in [1.165, 1.54) is 31.3 Å². The number of fused-ring (bicyclic) bond motifs is 1. The molecule has 0 saturated carbocycles. The Kier molecular flexibility index (Phi) is 5.78. The highest BCUT2D eigenvalue weighted by Crippen LogP contribution is 2.29. The fourth-order valence-corrected chi connectivity index (χ4v) is 5.19. The summed E-state index contributed by atoms with van der Waals surface area (Å²) in [7, 11) is 0. The van der Waals surface area contributed by atoms with Gasteiger partial charge in [0.15, 0.2) is 0 Å². The average Bonchev–Trinajstić information content (AvgIpc) is 2.94. The van der Waals surface area contributed by atoms with E-state index in [2.05, 4.69) is 123 Å². The van der Waals surface area contributed by atoms with E-state index < -0.39 is 0 Å². The first kappa shape index (κ1) is 19.4. The van der Waals surface area contributed by atoms with Crippen molar-refractivity contribution in [2.45, 2.75) is 25.7 Å². The lowest BCUT2D eigenvalue weighted by molar-refractivity contribution is 0.806. The molecule has 1 aliphatic rings. The van der Waals surface area contributed by atoms with Crippen molar-refractivity contribution in [3.05, 3.63) is 122 Å². The van der Waals surface area contributed by atoms with Crippen molar-refractivity contribution in [2.75, 3.05) is 0 Å². The van der Waals surface area contributed by atoms with E-state index in [1.54, 1.807) is 0 Å². The maximum Gasteiger partial charge on any atom is 0.0324 e. The van der Waals surface area contributed by atoms with Crippen LogP contribution in [-0.4, -0.2) is 0 Å². The van der Waals surface area contributed by atoms with Crippen molar-refractivity contribution in [2.24, 2.45) is 0 Å². The Hall–Kier alpha value is -2.90. The van der Waals surface area contributed by atoms with E-state index in [1.807, 2.05) is 11.3 Å². The van der Waals surface area contributed by atoms with Gasteiger partial charge in [0.05, 0.1) is 0 Å². The van der Waals surface area contributed by atoms with Gasteiger partial charge in [-0.2, -0.15) is 0 Å². The molecule has 144 valence electrons. The molecule has 1 aliphatic carbocycles. The van der Waals surface area contributed by atoms with E-state index in [0.717, 1.165) is 6.42 Å². The summed E-state index contributed by atoms with van der Waals surface area (Å²) in [4.78, 5) is 1.42. The quantitative estimate of drug-likeness (QED) is 0.464. The minimum Gasteiger partial charge on any atom is -0.140 e. The SMILES string of the molecule is C/C=C\C=C/c1c(Cc2ccccc2)sc2c1=CC=CC(C)(c1ccccc1)C=2. The summed E-state index contributed by atoms with van der Waals surface area (Å²) in [5.41, 5.74) is 3.90. The molecule has 29 heavy (non-hydrogen) atoms. The fourth-order valence-electron chi connectivity index (χ4n) is 3.80. The van der Waals surface area contributed by atoms with Gasteiger partial charge in [0.25, 0.3) is 0 Å². The van der Waals surface area contributed by atoms with Crippen molar-refractivity contribution in [3.63, 3.8) is 0 Å². The molecule has 0 aliphatic heterocycles. The Morgan fingerprint density at radius 3 is 2.38 bits per heavy atom. The van der Waals surface area contributed by atoms with Crippen molar-refractivity contribution >= 4 is 29.6 Å². The maximum absolute atomic E-state index is 2.43. The molecule has 0 radical (unpaired) electrons. The van der Waals surface area contributed by atoms with Crippen LogP contribution in [0.1, 0.15) is 35.4 Å². The standard InChI is InChI=1S/C28H26S/c1-3-4-7-17-24-25-18-12-19-28(2,23-15-10-6-11-16-23)21-27(25)29-26(24)20-22-13-8-5-9-14-22/h3-19,21H,20H2,1-2H3/b4-3-,17-7-.